The molecule has 1 N–H and O–H groups in total. The molecule has 0 aromatic carbocycles. The van der Waals surface area contributed by atoms with Gasteiger partial charge in [-0.2, -0.15) is 0 Å². The van der Waals surface area contributed by atoms with Crippen LogP contribution in [0, 0.1) is 0 Å². The lowest BCUT2D eigenvalue weighted by Crippen LogP contribution is -2.36. The molecule has 4 nitrogen and oxygen atoms in total. The van der Waals surface area contributed by atoms with Crippen molar-refractivity contribution in [1.29, 1.82) is 0 Å². The molecule has 16 heavy (non-hydrogen) atoms. The summed E-state index contributed by atoms with van der Waals surface area (Å²) >= 11 is 7.26. The number of amides is 2. The van der Waals surface area contributed by atoms with Crippen LogP contribution in [0.1, 0.15) is 11.3 Å². The molecule has 0 saturated carbocycles. The third-order valence-electron chi connectivity index (χ3n) is 2.53. The Balaban J connectivity index is 1.92. The van der Waals surface area contributed by atoms with Crippen molar-refractivity contribution in [3.63, 3.8) is 0 Å². The van der Waals surface area contributed by atoms with Crippen LogP contribution in [0.15, 0.2) is 12.1 Å². The fraction of sp³-hybridized carbons (Fsp3) is 0.400. The number of nitrogens with one attached hydrogen (secondary N) is 1. The van der Waals surface area contributed by atoms with E-state index in [2.05, 4.69) is 5.32 Å². The first-order valence-electron chi connectivity index (χ1n) is 4.86. The molecule has 86 valence electrons. The second kappa shape index (κ2) is 4.53. The molecular weight excluding hydrogens is 248 g/mol. The van der Waals surface area contributed by atoms with Crippen LogP contribution in [0.4, 0.5) is 0 Å². The molecule has 1 saturated heterocycles. The van der Waals surface area contributed by atoms with E-state index in [1.807, 2.05) is 12.1 Å². The highest BCUT2D eigenvalue weighted by Gasteiger charge is 2.35. The topological polar surface area (TPSA) is 49.4 Å². The summed E-state index contributed by atoms with van der Waals surface area (Å²) in [4.78, 5) is 25.0. The lowest BCUT2D eigenvalue weighted by atomic mass is 10.2. The van der Waals surface area contributed by atoms with E-state index in [1.165, 1.54) is 23.3 Å². The highest BCUT2D eigenvalue weighted by molar-refractivity contribution is 7.16. The molecule has 1 aromatic heterocycles. The fourth-order valence-electron chi connectivity index (χ4n) is 1.59. The van der Waals surface area contributed by atoms with E-state index in [9.17, 15) is 9.59 Å². The number of hydrogen-bond acceptors (Lipinski definition) is 4. The Morgan fingerprint density at radius 3 is 2.81 bits per heavy atom. The number of halogens is 1. The molecule has 1 fully saturated rings. The van der Waals surface area contributed by atoms with Gasteiger partial charge in [0.2, 0.25) is 11.8 Å². The van der Waals surface area contributed by atoms with Crippen LogP contribution in [0.25, 0.3) is 0 Å². The van der Waals surface area contributed by atoms with Gasteiger partial charge in [0.15, 0.2) is 0 Å². The average Bonchev–Trinajstić information content (AvgIpc) is 2.76. The number of hydrogen-bond donors (Lipinski definition) is 1. The highest BCUT2D eigenvalue weighted by Crippen LogP contribution is 2.21. The molecule has 2 heterocycles. The zero-order valence-electron chi connectivity index (χ0n) is 8.70. The summed E-state index contributed by atoms with van der Waals surface area (Å²) in [6.07, 6.45) is 0.244. The van der Waals surface area contributed by atoms with E-state index in [0.29, 0.717) is 6.54 Å². The lowest BCUT2D eigenvalue weighted by Gasteiger charge is -2.09. The van der Waals surface area contributed by atoms with Crippen LogP contribution >= 0.6 is 22.9 Å². The van der Waals surface area contributed by atoms with Gasteiger partial charge in [0, 0.05) is 18.5 Å². The van der Waals surface area contributed by atoms with Gasteiger partial charge >= 0.3 is 0 Å². The minimum atomic E-state index is -0.390. The van der Waals surface area contributed by atoms with Crippen LogP contribution in [0.3, 0.4) is 0 Å². The summed E-state index contributed by atoms with van der Waals surface area (Å²) < 4.78 is 0.725. The maximum Gasteiger partial charge on any atom is 0.246 e. The van der Waals surface area contributed by atoms with E-state index in [4.69, 9.17) is 11.6 Å². The van der Waals surface area contributed by atoms with Crippen molar-refractivity contribution in [2.45, 2.75) is 19.0 Å². The van der Waals surface area contributed by atoms with E-state index in [-0.39, 0.29) is 18.2 Å². The Hall–Kier alpha value is -0.910. The second-order valence-electron chi connectivity index (χ2n) is 3.63. The SMILES string of the molecule is CN1C(=O)CC(NCc2ccc(Cl)s2)C1=O. The first-order chi connectivity index (χ1) is 7.58. The molecule has 0 spiro atoms. The van der Waals surface area contributed by atoms with Gasteiger partial charge in [0.1, 0.15) is 0 Å². The normalized spacial score (nSPS) is 20.9. The van der Waals surface area contributed by atoms with Gasteiger partial charge in [-0.1, -0.05) is 11.6 Å². The Labute approximate surface area is 102 Å². The van der Waals surface area contributed by atoms with Crippen molar-refractivity contribution in [3.8, 4) is 0 Å². The number of likely N-dealkylation sites (tertiary alicyclic amines) is 1. The maximum absolute atomic E-state index is 11.6. The van der Waals surface area contributed by atoms with Crippen LogP contribution in [0.5, 0.6) is 0 Å². The number of thiophene rings is 1. The van der Waals surface area contributed by atoms with Crippen molar-refractivity contribution >= 4 is 34.8 Å². The van der Waals surface area contributed by atoms with Gasteiger partial charge in [-0.25, -0.2) is 0 Å². The second-order valence-corrected chi connectivity index (χ2v) is 5.43. The molecule has 0 aliphatic carbocycles. The number of nitrogens with zero attached hydrogens (tertiary/aromatic N) is 1. The molecule has 0 radical (unpaired) electrons. The van der Waals surface area contributed by atoms with Gasteiger partial charge in [0.05, 0.1) is 16.8 Å². The van der Waals surface area contributed by atoms with Crippen LogP contribution in [0.2, 0.25) is 4.34 Å². The van der Waals surface area contributed by atoms with Gasteiger partial charge < -0.3 is 5.32 Å². The monoisotopic (exact) mass is 258 g/mol. The van der Waals surface area contributed by atoms with Crippen LogP contribution < -0.4 is 5.32 Å². The predicted octanol–water partition coefficient (Wildman–Crippen LogP) is 1.25. The minimum absolute atomic E-state index is 0.133. The summed E-state index contributed by atoms with van der Waals surface area (Å²) in [6, 6.07) is 3.33. The largest absolute Gasteiger partial charge is 0.300 e. The van der Waals surface area contributed by atoms with E-state index < -0.39 is 6.04 Å². The molecule has 1 unspecified atom stereocenters. The third kappa shape index (κ3) is 2.26. The molecule has 1 aliphatic rings. The lowest BCUT2D eigenvalue weighted by molar-refractivity contribution is -0.137. The summed E-state index contributed by atoms with van der Waals surface area (Å²) in [5.41, 5.74) is 0. The number of imide groups is 1. The number of carbonyl (C=O) groups excluding carboxylic acids is 2. The quantitative estimate of drug-likeness (QED) is 0.831. The number of likely N-dealkylation sites (N-methyl/N-ethyl adjacent to an activating group) is 1. The summed E-state index contributed by atoms with van der Waals surface area (Å²) in [5.74, 6) is -0.292. The van der Waals surface area contributed by atoms with Crippen molar-refractivity contribution < 1.29 is 9.59 Å². The predicted molar refractivity (Wildman–Crippen MR) is 62.4 cm³/mol. The average molecular weight is 259 g/mol. The Morgan fingerprint density at radius 2 is 2.31 bits per heavy atom. The van der Waals surface area contributed by atoms with Crippen LogP contribution in [-0.4, -0.2) is 29.8 Å². The van der Waals surface area contributed by atoms with Gasteiger partial charge in [-0.15, -0.1) is 11.3 Å². The van der Waals surface area contributed by atoms with Crippen molar-refractivity contribution in [2.75, 3.05) is 7.05 Å². The van der Waals surface area contributed by atoms with E-state index in [0.717, 1.165) is 9.21 Å². The zero-order valence-corrected chi connectivity index (χ0v) is 10.3. The Kier molecular flexibility index (Phi) is 3.28. The molecule has 0 bridgehead atoms. The number of rotatable bonds is 3. The molecular formula is C10H11ClN2O2S. The standard InChI is InChI=1S/C10H11ClN2O2S/c1-13-9(14)4-7(10(13)15)12-5-6-2-3-8(11)16-6/h2-3,7,12H,4-5H2,1H3. The molecule has 1 aliphatic heterocycles. The maximum atomic E-state index is 11.6. The number of carbonyl (C=O) groups is 2. The molecule has 1 atom stereocenters. The van der Waals surface area contributed by atoms with Gasteiger partial charge in [0.25, 0.3) is 0 Å². The van der Waals surface area contributed by atoms with Gasteiger partial charge in [-0.05, 0) is 12.1 Å². The summed E-state index contributed by atoms with van der Waals surface area (Å²) in [5, 5.41) is 3.06. The first kappa shape index (κ1) is 11.6. The van der Waals surface area contributed by atoms with E-state index in [1.54, 1.807) is 0 Å². The molecule has 6 heteroatoms. The minimum Gasteiger partial charge on any atom is -0.300 e. The molecule has 1 aromatic rings. The Morgan fingerprint density at radius 1 is 1.56 bits per heavy atom. The molecule has 2 rings (SSSR count). The van der Waals surface area contributed by atoms with Gasteiger partial charge in [-0.3, -0.25) is 14.5 Å². The van der Waals surface area contributed by atoms with Crippen molar-refractivity contribution in [2.24, 2.45) is 0 Å². The summed E-state index contributed by atoms with van der Waals surface area (Å²) in [6.45, 7) is 0.564. The van der Waals surface area contributed by atoms with Crippen molar-refractivity contribution in [3.05, 3.63) is 21.3 Å². The van der Waals surface area contributed by atoms with E-state index >= 15 is 0 Å². The zero-order chi connectivity index (χ0) is 11.7. The van der Waals surface area contributed by atoms with Crippen LogP contribution in [-0.2, 0) is 16.1 Å². The summed E-state index contributed by atoms with van der Waals surface area (Å²) in [7, 11) is 1.51. The molecule has 2 amide bonds. The van der Waals surface area contributed by atoms with Crippen molar-refractivity contribution in [1.82, 2.24) is 10.2 Å². The Bertz CT molecular complexity index is 432. The first-order valence-corrected chi connectivity index (χ1v) is 6.05. The highest BCUT2D eigenvalue weighted by atomic mass is 35.5. The fourth-order valence-corrected chi connectivity index (χ4v) is 2.62. The third-order valence-corrected chi connectivity index (χ3v) is 3.76. The smallest absolute Gasteiger partial charge is 0.246 e.